The average molecular weight is 311 g/mol. The molecule has 5 heteroatoms. The fourth-order valence-corrected chi connectivity index (χ4v) is 3.36. The van der Waals surface area contributed by atoms with Crippen LogP contribution in [0.15, 0.2) is 0 Å². The van der Waals surface area contributed by atoms with Gasteiger partial charge >= 0.3 is 0 Å². The maximum absolute atomic E-state index is 12.3. The van der Waals surface area contributed by atoms with Gasteiger partial charge in [0.05, 0.1) is 12.6 Å². The molecule has 1 amide bonds. The molecule has 128 valence electrons. The summed E-state index contributed by atoms with van der Waals surface area (Å²) in [5.74, 6) is 1.05. The number of nitrogens with zero attached hydrogens (tertiary/aromatic N) is 3. The van der Waals surface area contributed by atoms with Crippen LogP contribution in [-0.2, 0) is 9.53 Å². The largest absolute Gasteiger partial charge is 0.378 e. The summed E-state index contributed by atoms with van der Waals surface area (Å²) in [6.45, 7) is 8.67. The molecule has 2 aliphatic heterocycles. The molecular formula is C17H33N3O2. The summed E-state index contributed by atoms with van der Waals surface area (Å²) in [5, 5.41) is 0. The van der Waals surface area contributed by atoms with Gasteiger partial charge in [0.15, 0.2) is 0 Å². The monoisotopic (exact) mass is 311 g/mol. The second-order valence-corrected chi connectivity index (χ2v) is 7.24. The van der Waals surface area contributed by atoms with Crippen LogP contribution in [0.5, 0.6) is 0 Å². The summed E-state index contributed by atoms with van der Waals surface area (Å²) in [4.78, 5) is 18.9. The Kier molecular flexibility index (Phi) is 7.12. The van der Waals surface area contributed by atoms with Crippen molar-refractivity contribution in [1.29, 1.82) is 0 Å². The van der Waals surface area contributed by atoms with E-state index in [1.54, 1.807) is 0 Å². The van der Waals surface area contributed by atoms with E-state index >= 15 is 0 Å². The van der Waals surface area contributed by atoms with Gasteiger partial charge in [0.2, 0.25) is 5.91 Å². The molecule has 22 heavy (non-hydrogen) atoms. The molecule has 2 aliphatic rings. The van der Waals surface area contributed by atoms with Crippen molar-refractivity contribution in [2.75, 3.05) is 60.0 Å². The first-order valence-electron chi connectivity index (χ1n) is 8.81. The highest BCUT2D eigenvalue weighted by Gasteiger charge is 2.26. The van der Waals surface area contributed by atoms with Crippen LogP contribution in [0.3, 0.4) is 0 Å². The summed E-state index contributed by atoms with van der Waals surface area (Å²) in [5.41, 5.74) is 0. The number of carbonyl (C=O) groups excluding carboxylic acids is 1. The second kappa shape index (κ2) is 8.85. The van der Waals surface area contributed by atoms with Crippen LogP contribution < -0.4 is 0 Å². The average Bonchev–Trinajstić information content (AvgIpc) is 2.89. The summed E-state index contributed by atoms with van der Waals surface area (Å²) in [6, 6.07) is 0. The molecular weight excluding hydrogens is 278 g/mol. The van der Waals surface area contributed by atoms with Crippen molar-refractivity contribution in [1.82, 2.24) is 14.7 Å². The van der Waals surface area contributed by atoms with E-state index in [0.717, 1.165) is 64.5 Å². The number of rotatable bonds is 7. The minimum Gasteiger partial charge on any atom is -0.378 e. The zero-order valence-electron chi connectivity index (χ0n) is 14.6. The van der Waals surface area contributed by atoms with Crippen molar-refractivity contribution in [2.45, 2.75) is 38.7 Å². The standard InChI is InChI=1S/C17H33N3O2/c1-15-5-9-19(13-15)14-17(21)20-10-6-16(7-11-20)22-12-4-8-18(2)3/h15-16H,4-14H2,1-3H3/t15-/m1/s1. The third-order valence-corrected chi connectivity index (χ3v) is 4.76. The second-order valence-electron chi connectivity index (χ2n) is 7.24. The molecule has 2 saturated heterocycles. The molecule has 0 saturated carbocycles. The Hall–Kier alpha value is -0.650. The zero-order valence-corrected chi connectivity index (χ0v) is 14.6. The highest BCUT2D eigenvalue weighted by atomic mass is 16.5. The molecule has 0 radical (unpaired) electrons. The Morgan fingerprint density at radius 3 is 2.50 bits per heavy atom. The van der Waals surface area contributed by atoms with Gasteiger partial charge in [-0.3, -0.25) is 9.69 Å². The fourth-order valence-electron chi connectivity index (χ4n) is 3.36. The van der Waals surface area contributed by atoms with Crippen LogP contribution in [-0.4, -0.2) is 86.7 Å². The summed E-state index contributed by atoms with van der Waals surface area (Å²) in [6.07, 6.45) is 4.64. The lowest BCUT2D eigenvalue weighted by Gasteiger charge is -2.33. The van der Waals surface area contributed by atoms with Gasteiger partial charge in [-0.2, -0.15) is 0 Å². The van der Waals surface area contributed by atoms with Crippen LogP contribution in [0, 0.1) is 5.92 Å². The first kappa shape index (κ1) is 17.7. The third-order valence-electron chi connectivity index (χ3n) is 4.76. The molecule has 0 spiro atoms. The Morgan fingerprint density at radius 1 is 1.18 bits per heavy atom. The van der Waals surface area contributed by atoms with Gasteiger partial charge in [-0.15, -0.1) is 0 Å². The molecule has 5 nitrogen and oxygen atoms in total. The van der Waals surface area contributed by atoms with Gasteiger partial charge in [-0.25, -0.2) is 0 Å². The number of piperidine rings is 1. The number of ether oxygens (including phenoxy) is 1. The summed E-state index contributed by atoms with van der Waals surface area (Å²) in [7, 11) is 4.18. The smallest absolute Gasteiger partial charge is 0.236 e. The van der Waals surface area contributed by atoms with Gasteiger partial charge in [-0.05, 0) is 58.8 Å². The van der Waals surface area contributed by atoms with Crippen LogP contribution in [0.4, 0.5) is 0 Å². The van der Waals surface area contributed by atoms with Crippen molar-refractivity contribution < 1.29 is 9.53 Å². The molecule has 0 N–H and O–H groups in total. The molecule has 0 aliphatic carbocycles. The number of hydrogen-bond donors (Lipinski definition) is 0. The van der Waals surface area contributed by atoms with Gasteiger partial charge in [0, 0.05) is 26.2 Å². The number of amides is 1. The lowest BCUT2D eigenvalue weighted by Crippen LogP contribution is -2.45. The SMILES string of the molecule is C[C@@H]1CCN(CC(=O)N2CCC(OCCCN(C)C)CC2)C1. The van der Waals surface area contributed by atoms with Crippen LogP contribution in [0.2, 0.25) is 0 Å². The molecule has 0 bridgehead atoms. The summed E-state index contributed by atoms with van der Waals surface area (Å²) < 4.78 is 5.93. The third kappa shape index (κ3) is 5.86. The Morgan fingerprint density at radius 2 is 1.91 bits per heavy atom. The van der Waals surface area contributed by atoms with E-state index in [4.69, 9.17) is 4.74 Å². The van der Waals surface area contributed by atoms with E-state index < -0.39 is 0 Å². The maximum atomic E-state index is 12.3. The van der Waals surface area contributed by atoms with Crippen LogP contribution in [0.1, 0.15) is 32.6 Å². The molecule has 1 atom stereocenters. The van der Waals surface area contributed by atoms with E-state index in [-0.39, 0.29) is 0 Å². The lowest BCUT2D eigenvalue weighted by atomic mass is 10.1. The van der Waals surface area contributed by atoms with Crippen LogP contribution >= 0.6 is 0 Å². The van der Waals surface area contributed by atoms with Gasteiger partial charge in [0.25, 0.3) is 0 Å². The molecule has 0 aromatic heterocycles. The Labute approximate surface area is 135 Å². The van der Waals surface area contributed by atoms with E-state index in [9.17, 15) is 4.79 Å². The van der Waals surface area contributed by atoms with Crippen molar-refractivity contribution >= 4 is 5.91 Å². The van der Waals surface area contributed by atoms with Crippen molar-refractivity contribution in [3.63, 3.8) is 0 Å². The quantitative estimate of drug-likeness (QED) is 0.664. The summed E-state index contributed by atoms with van der Waals surface area (Å²) >= 11 is 0. The minimum atomic E-state index is 0.306. The predicted octanol–water partition coefficient (Wildman–Crippen LogP) is 1.29. The fraction of sp³-hybridized carbons (Fsp3) is 0.941. The zero-order chi connectivity index (χ0) is 15.9. The number of likely N-dealkylation sites (tertiary alicyclic amines) is 2. The van der Waals surface area contributed by atoms with Crippen molar-refractivity contribution in [3.05, 3.63) is 0 Å². The van der Waals surface area contributed by atoms with Crippen molar-refractivity contribution in [2.24, 2.45) is 5.92 Å². The van der Waals surface area contributed by atoms with Crippen molar-refractivity contribution in [3.8, 4) is 0 Å². The van der Waals surface area contributed by atoms with Gasteiger partial charge in [-0.1, -0.05) is 6.92 Å². The molecule has 0 aromatic rings. The molecule has 2 rings (SSSR count). The Balaban J connectivity index is 1.59. The highest BCUT2D eigenvalue weighted by molar-refractivity contribution is 5.78. The predicted molar refractivity (Wildman–Crippen MR) is 88.9 cm³/mol. The van der Waals surface area contributed by atoms with Gasteiger partial charge < -0.3 is 14.5 Å². The van der Waals surface area contributed by atoms with E-state index in [0.29, 0.717) is 18.6 Å². The highest BCUT2D eigenvalue weighted by Crippen LogP contribution is 2.17. The molecule has 2 fully saturated rings. The van der Waals surface area contributed by atoms with E-state index in [1.807, 2.05) is 4.90 Å². The molecule has 2 heterocycles. The number of carbonyl (C=O) groups is 1. The Bertz CT molecular complexity index is 341. The van der Waals surface area contributed by atoms with E-state index in [1.165, 1.54) is 6.42 Å². The minimum absolute atomic E-state index is 0.306. The molecule has 0 unspecified atom stereocenters. The topological polar surface area (TPSA) is 36.0 Å². The maximum Gasteiger partial charge on any atom is 0.236 e. The first-order chi connectivity index (χ1) is 10.5. The first-order valence-corrected chi connectivity index (χ1v) is 8.81. The van der Waals surface area contributed by atoms with Crippen LogP contribution in [0.25, 0.3) is 0 Å². The van der Waals surface area contributed by atoms with Gasteiger partial charge in [0.1, 0.15) is 0 Å². The normalized spacial score (nSPS) is 24.4. The van der Waals surface area contributed by atoms with E-state index in [2.05, 4.69) is 30.8 Å². The molecule has 0 aromatic carbocycles. The number of hydrogen-bond acceptors (Lipinski definition) is 4. The lowest BCUT2D eigenvalue weighted by molar-refractivity contribution is -0.134.